The summed E-state index contributed by atoms with van der Waals surface area (Å²) >= 11 is 0. The van der Waals surface area contributed by atoms with Crippen LogP contribution in [-0.4, -0.2) is 23.1 Å². The first kappa shape index (κ1) is 107. The Balaban J connectivity index is 0.000000117. The Morgan fingerprint density at radius 1 is 0.228 bits per heavy atom. The number of benzene rings is 16. The summed E-state index contributed by atoms with van der Waals surface area (Å²) in [4.78, 5) is 48.2. The number of carbonyl (C=O) groups excluding carboxylic acids is 4. The third kappa shape index (κ3) is 23.6. The molecular weight excluding hydrogens is 1810 g/mol. The number of rotatable bonds is 0. The van der Waals surface area contributed by atoms with Crippen LogP contribution >= 0.6 is 0 Å². The molecule has 750 valence electrons. The average molecular weight is 1950 g/mol. The first-order chi connectivity index (χ1) is 71.1. The number of hydrogen-bond donors (Lipinski definition) is 0. The van der Waals surface area contributed by atoms with E-state index < -0.39 is 0 Å². The lowest BCUT2D eigenvalue weighted by Gasteiger charge is -2.28. The van der Waals surface area contributed by atoms with Crippen LogP contribution in [0, 0.1) is 125 Å². The fourth-order valence-corrected chi connectivity index (χ4v) is 21.6. The zero-order chi connectivity index (χ0) is 106. The zero-order valence-corrected chi connectivity index (χ0v) is 92.8. The van der Waals surface area contributed by atoms with E-state index in [1.807, 2.05) is 64.1 Å². The molecule has 16 aromatic carbocycles. The molecule has 0 amide bonds. The third-order valence-electron chi connectivity index (χ3n) is 32.5. The van der Waals surface area contributed by atoms with Crippen molar-refractivity contribution in [3.63, 3.8) is 0 Å². The molecule has 0 fully saturated rings. The molecule has 0 heterocycles. The summed E-state index contributed by atoms with van der Waals surface area (Å²) in [5.74, 6) is 0.159. The summed E-state index contributed by atoms with van der Waals surface area (Å²) in [6, 6.07) is 94.1. The van der Waals surface area contributed by atoms with Crippen LogP contribution in [0.4, 0.5) is 0 Å². The predicted molar refractivity (Wildman–Crippen MR) is 636 cm³/mol. The number of ketones is 4. The number of allylic oxidation sites excluding steroid dienone is 10. The molecule has 4 nitrogen and oxygen atoms in total. The van der Waals surface area contributed by atoms with Crippen molar-refractivity contribution in [1.82, 2.24) is 0 Å². The topological polar surface area (TPSA) is 68.3 Å². The van der Waals surface area contributed by atoms with Crippen molar-refractivity contribution in [2.75, 3.05) is 0 Å². The van der Waals surface area contributed by atoms with Crippen molar-refractivity contribution in [1.29, 1.82) is 0 Å². The van der Waals surface area contributed by atoms with Crippen LogP contribution in [0.5, 0.6) is 0 Å². The fourth-order valence-electron chi connectivity index (χ4n) is 21.6. The summed E-state index contributed by atoms with van der Waals surface area (Å²) in [5.41, 5.74) is 59.2. The summed E-state index contributed by atoms with van der Waals surface area (Å²) in [6.45, 7) is 55.8. The fraction of sp³-hybridized carbons (Fsp3) is 0.241. The lowest BCUT2D eigenvalue weighted by molar-refractivity contribution is 0.0979. The van der Waals surface area contributed by atoms with Gasteiger partial charge in [0.05, 0.1) is 0 Å². The molecular formula is C145H146O4. The monoisotopic (exact) mass is 1950 g/mol. The maximum Gasteiger partial charge on any atom is 0.194 e. The molecule has 149 heavy (non-hydrogen) atoms. The molecule has 0 bridgehead atoms. The van der Waals surface area contributed by atoms with Gasteiger partial charge in [0, 0.05) is 44.2 Å². The molecule has 0 atom stereocenters. The Morgan fingerprint density at radius 2 is 0.570 bits per heavy atom. The van der Waals surface area contributed by atoms with Gasteiger partial charge in [-0.05, 0) is 489 Å². The van der Waals surface area contributed by atoms with Crippen molar-refractivity contribution in [2.45, 2.75) is 236 Å². The first-order valence-electron chi connectivity index (χ1n) is 53.2. The van der Waals surface area contributed by atoms with Gasteiger partial charge in [-0.15, -0.1) is 0 Å². The maximum atomic E-state index is 12.4. The molecule has 0 saturated carbocycles. The second-order valence-electron chi connectivity index (χ2n) is 43.9. The quantitative estimate of drug-likeness (QED) is 0.142. The van der Waals surface area contributed by atoms with E-state index in [0.29, 0.717) is 22.3 Å². The van der Waals surface area contributed by atoms with Crippen LogP contribution in [0.1, 0.15) is 292 Å². The van der Waals surface area contributed by atoms with E-state index in [0.717, 1.165) is 78.3 Å². The van der Waals surface area contributed by atoms with E-state index in [4.69, 9.17) is 0 Å². The molecule has 0 aromatic heterocycles. The molecule has 0 aliphatic heterocycles. The highest BCUT2D eigenvalue weighted by Gasteiger charge is 2.33. The van der Waals surface area contributed by atoms with Gasteiger partial charge in [-0.1, -0.05) is 318 Å². The maximum absolute atomic E-state index is 12.4. The van der Waals surface area contributed by atoms with Crippen LogP contribution in [0.15, 0.2) is 315 Å². The summed E-state index contributed by atoms with van der Waals surface area (Å²) in [5, 5.41) is 8.13. The van der Waals surface area contributed by atoms with Gasteiger partial charge in [0.1, 0.15) is 0 Å². The van der Waals surface area contributed by atoms with Crippen molar-refractivity contribution >= 4 is 80.1 Å². The highest BCUT2D eigenvalue weighted by molar-refractivity contribution is 6.28. The molecule has 0 unspecified atom stereocenters. The van der Waals surface area contributed by atoms with Crippen molar-refractivity contribution in [3.8, 4) is 22.3 Å². The number of carbonyl (C=O) groups is 4. The van der Waals surface area contributed by atoms with E-state index in [9.17, 15) is 19.2 Å². The van der Waals surface area contributed by atoms with Gasteiger partial charge < -0.3 is 0 Å². The summed E-state index contributed by atoms with van der Waals surface area (Å²) in [7, 11) is 0. The number of hydrogen-bond acceptors (Lipinski definition) is 4. The minimum atomic E-state index is -0.0525. The normalized spacial score (nSPS) is 14.2. The highest BCUT2D eigenvalue weighted by atomic mass is 16.1. The van der Waals surface area contributed by atoms with Crippen molar-refractivity contribution < 1.29 is 19.2 Å². The highest BCUT2D eigenvalue weighted by Crippen LogP contribution is 2.44. The van der Waals surface area contributed by atoms with Gasteiger partial charge in [0.2, 0.25) is 0 Å². The van der Waals surface area contributed by atoms with Crippen molar-refractivity contribution in [2.24, 2.45) is 0 Å². The Hall–Kier alpha value is -15.1. The molecule has 0 N–H and O–H groups in total. The number of aryl methyl sites for hydroxylation is 16. The first-order valence-corrected chi connectivity index (χ1v) is 53.2. The lowest BCUT2D eigenvalue weighted by Crippen LogP contribution is -2.22. The molecule has 10 aliphatic rings. The minimum absolute atomic E-state index is 0.0261. The standard InChI is InChI=1S/C16H12O2.C16H14.2C15H14.2C14H16O.5C11H12/c1-9-7-13-14(8-10(9)2)16(18)12-6-4-3-5-11(12)15(13)17;1-11-7-15-9-13-5-3-4-6-14(13)10-16(15)8-12(11)2;1-10-7-13-9-12-5-3-4-6-14(12)15(13)8-11(10)2;1-10-7-8-13-9-12-5-3-4-6-14(12)15(13)11(10)2;2*1-9-7-11-12(8-10(9)2)14(3,4)6-5-13(11)15;2*1-8-6-10-4-3-5-11(10)7-9(8)2;1-8-6-7-10-4-3-5-11(10)9(8)2;2*1-8-7-10-5-3-4-6-11(10)9(8)2/h3-8H,1-2H3;3-10H,1-2H3;2*3-8H,9H2,1-2H3;2*5-8H,1-4H3;4-7H,3H2,1-2H3;3-4,6-7H,5H2,1-2H3;3,5-7H,4H2,1-2H3;2*3-6H,7H2,1-2H3. The largest absolute Gasteiger partial charge is 0.289 e. The lowest BCUT2D eigenvalue weighted by atomic mass is 9.75. The minimum Gasteiger partial charge on any atom is -0.289 e. The van der Waals surface area contributed by atoms with E-state index in [1.54, 1.807) is 36.4 Å². The van der Waals surface area contributed by atoms with Gasteiger partial charge in [-0.25, -0.2) is 0 Å². The average Bonchev–Trinajstić information content (AvgIpc) is 1.75. The van der Waals surface area contributed by atoms with E-state index >= 15 is 0 Å². The van der Waals surface area contributed by atoms with Gasteiger partial charge in [-0.3, -0.25) is 19.2 Å². The van der Waals surface area contributed by atoms with E-state index in [-0.39, 0.29) is 34.0 Å². The number of fused-ring (bicyclic) bond motifs is 17. The van der Waals surface area contributed by atoms with Crippen LogP contribution in [0.25, 0.3) is 79.2 Å². The zero-order valence-electron chi connectivity index (χ0n) is 92.8. The molecule has 0 spiro atoms. The van der Waals surface area contributed by atoms with Crippen molar-refractivity contribution in [3.05, 3.63) is 536 Å². The Bertz CT molecular complexity index is 8090. The van der Waals surface area contributed by atoms with Crippen LogP contribution < -0.4 is 10.4 Å². The second-order valence-corrected chi connectivity index (χ2v) is 43.9. The molecule has 0 saturated heterocycles. The van der Waals surface area contributed by atoms with Gasteiger partial charge in [0.15, 0.2) is 23.1 Å². The SMILES string of the molecule is CC1=C(C)c2ccccc2C1.CC1=C(C)c2ccccc2C1.Cc1cc2c(cc1C)-c1ccccc1C2.Cc1cc2c(cc1C)=CCC=2.Cc1cc2c(cc1C)C(=O)c1ccccc1C2=O.Cc1cc2c(cc1C)C(C)(C)C=CC2=O.Cc1cc2c(cc1C)C(C)(C)C=CC2=O.Cc1cc2c(cc1C)CC=C2.Cc1cc2cc3ccccc3cc2cc1C.Cc1ccc2c(c1C)-c1ccccc1C2.Cc1ccc2c(c1C)C=CC2. The van der Waals surface area contributed by atoms with Gasteiger partial charge in [-0.2, -0.15) is 0 Å². The molecule has 4 heteroatoms. The second kappa shape index (κ2) is 45.3. The summed E-state index contributed by atoms with van der Waals surface area (Å²) < 4.78 is 0. The van der Waals surface area contributed by atoms with Gasteiger partial charge >= 0.3 is 0 Å². The molecule has 10 aliphatic carbocycles. The van der Waals surface area contributed by atoms with Gasteiger partial charge in [0.25, 0.3) is 0 Å². The Morgan fingerprint density at radius 3 is 1.04 bits per heavy atom. The van der Waals surface area contributed by atoms with Crippen LogP contribution in [0.3, 0.4) is 0 Å². The third-order valence-corrected chi connectivity index (χ3v) is 32.5. The Labute approximate surface area is 887 Å². The van der Waals surface area contributed by atoms with E-state index in [2.05, 4.69) is 407 Å². The smallest absolute Gasteiger partial charge is 0.194 e. The molecule has 26 rings (SSSR count). The predicted octanol–water partition coefficient (Wildman–Crippen LogP) is 35.2. The summed E-state index contributed by atoms with van der Waals surface area (Å²) in [6.07, 6.45) is 28.7. The molecule has 16 aromatic rings. The van der Waals surface area contributed by atoms with E-state index in [1.165, 1.54) is 232 Å². The Kier molecular flexibility index (Phi) is 32.4. The van der Waals surface area contributed by atoms with Crippen LogP contribution in [-0.2, 0) is 49.4 Å². The van der Waals surface area contributed by atoms with Crippen LogP contribution in [0.2, 0.25) is 0 Å². The molecule has 0 radical (unpaired) electrons.